The first kappa shape index (κ1) is 19.1. The predicted octanol–water partition coefficient (Wildman–Crippen LogP) is 4.56. The number of pyridine rings is 1. The average molecular weight is 466 g/mol. The number of carboxylic acids is 1. The Morgan fingerprint density at radius 3 is 3.00 bits per heavy atom. The average Bonchev–Trinajstić information content (AvgIpc) is 3.09. The van der Waals surface area contributed by atoms with Crippen LogP contribution in [0.2, 0.25) is 0 Å². The van der Waals surface area contributed by atoms with Gasteiger partial charge in [0.2, 0.25) is 0 Å². The van der Waals surface area contributed by atoms with Crippen LogP contribution in [0.25, 0.3) is 27.6 Å². The van der Waals surface area contributed by atoms with Crippen molar-refractivity contribution in [1.82, 2.24) is 24.7 Å². The molecule has 1 aromatic carbocycles. The smallest absolute Gasteiger partial charge is 0.306 e. The molecule has 1 fully saturated rings. The lowest BCUT2D eigenvalue weighted by Crippen LogP contribution is -2.24. The highest BCUT2D eigenvalue weighted by molar-refractivity contribution is 9.10. The summed E-state index contributed by atoms with van der Waals surface area (Å²) in [6.07, 6.45) is 7.68. The van der Waals surface area contributed by atoms with Gasteiger partial charge in [0.15, 0.2) is 5.65 Å². The molecule has 0 radical (unpaired) electrons. The van der Waals surface area contributed by atoms with E-state index in [2.05, 4.69) is 31.0 Å². The van der Waals surface area contributed by atoms with Gasteiger partial charge in [0.05, 0.1) is 22.5 Å². The van der Waals surface area contributed by atoms with E-state index in [0.29, 0.717) is 23.4 Å². The molecule has 0 bridgehead atoms. The van der Waals surface area contributed by atoms with Gasteiger partial charge in [0.1, 0.15) is 10.4 Å². The van der Waals surface area contributed by atoms with Gasteiger partial charge >= 0.3 is 5.97 Å². The van der Waals surface area contributed by atoms with E-state index in [1.54, 1.807) is 12.4 Å². The third kappa shape index (κ3) is 3.56. The third-order valence-corrected chi connectivity index (χ3v) is 6.45. The summed E-state index contributed by atoms with van der Waals surface area (Å²) in [5.41, 5.74) is 2.57. The Balaban J connectivity index is 1.50. The van der Waals surface area contributed by atoms with Gasteiger partial charge in [0, 0.05) is 24.2 Å². The van der Waals surface area contributed by atoms with Crippen LogP contribution < -0.4 is 0 Å². The Kier molecular flexibility index (Phi) is 4.94. The molecule has 7 nitrogen and oxygen atoms in total. The van der Waals surface area contributed by atoms with Crippen molar-refractivity contribution in [2.24, 2.45) is 11.8 Å². The van der Waals surface area contributed by atoms with Gasteiger partial charge in [-0.1, -0.05) is 12.5 Å². The molecule has 0 unspecified atom stereocenters. The standard InChI is InChI=1S/C22H20BrN5O2/c23-20-17-12-25-19(10-13-3-1-4-15(9-13)22(29)30)26-21(17)28(27-20)16-6-7-18-14(11-16)5-2-8-24-18/h2,5-8,11-13,15H,1,3-4,9-10H2,(H,29,30)/t13-,15-/m1/s1. The third-order valence-electron chi connectivity index (χ3n) is 5.86. The molecule has 0 aliphatic heterocycles. The Bertz CT molecular complexity index is 1250. The van der Waals surface area contributed by atoms with E-state index in [9.17, 15) is 9.90 Å². The number of carboxylic acid groups (broad SMARTS) is 1. The zero-order valence-electron chi connectivity index (χ0n) is 16.2. The van der Waals surface area contributed by atoms with Crippen molar-refractivity contribution in [3.8, 4) is 5.69 Å². The van der Waals surface area contributed by atoms with E-state index >= 15 is 0 Å². The second-order valence-corrected chi connectivity index (χ2v) is 8.63. The summed E-state index contributed by atoms with van der Waals surface area (Å²) in [7, 11) is 0. The minimum absolute atomic E-state index is 0.252. The summed E-state index contributed by atoms with van der Waals surface area (Å²) in [5.74, 6) is 0.0840. The van der Waals surface area contributed by atoms with Crippen molar-refractivity contribution in [2.45, 2.75) is 32.1 Å². The summed E-state index contributed by atoms with van der Waals surface area (Å²) < 4.78 is 2.51. The van der Waals surface area contributed by atoms with Gasteiger partial charge in [-0.25, -0.2) is 14.6 Å². The molecule has 1 aliphatic carbocycles. The first-order valence-electron chi connectivity index (χ1n) is 10.1. The van der Waals surface area contributed by atoms with Crippen molar-refractivity contribution in [2.75, 3.05) is 0 Å². The molecule has 0 amide bonds. The maximum Gasteiger partial charge on any atom is 0.306 e. The Labute approximate surface area is 181 Å². The molecule has 0 saturated heterocycles. The van der Waals surface area contributed by atoms with E-state index < -0.39 is 5.97 Å². The van der Waals surface area contributed by atoms with Gasteiger partial charge in [-0.05, 0) is 65.4 Å². The van der Waals surface area contributed by atoms with E-state index in [0.717, 1.165) is 52.7 Å². The number of benzene rings is 1. The molecule has 152 valence electrons. The first-order chi connectivity index (χ1) is 14.6. The summed E-state index contributed by atoms with van der Waals surface area (Å²) in [4.78, 5) is 25.1. The van der Waals surface area contributed by atoms with E-state index in [1.165, 1.54) is 0 Å². The highest BCUT2D eigenvalue weighted by Gasteiger charge is 2.27. The molecule has 4 aromatic rings. The molecule has 1 N–H and O–H groups in total. The second-order valence-electron chi connectivity index (χ2n) is 7.88. The molecule has 1 saturated carbocycles. The lowest BCUT2D eigenvalue weighted by atomic mass is 9.80. The summed E-state index contributed by atoms with van der Waals surface area (Å²) >= 11 is 3.52. The molecule has 5 rings (SSSR count). The predicted molar refractivity (Wildman–Crippen MR) is 116 cm³/mol. The fourth-order valence-corrected chi connectivity index (χ4v) is 4.77. The van der Waals surface area contributed by atoms with Crippen LogP contribution in [0.4, 0.5) is 0 Å². The maximum atomic E-state index is 11.4. The molecule has 1 aliphatic rings. The highest BCUT2D eigenvalue weighted by Crippen LogP contribution is 2.32. The molecule has 30 heavy (non-hydrogen) atoms. The Morgan fingerprint density at radius 1 is 1.23 bits per heavy atom. The summed E-state index contributed by atoms with van der Waals surface area (Å²) in [6.45, 7) is 0. The van der Waals surface area contributed by atoms with Gasteiger partial charge in [0.25, 0.3) is 0 Å². The van der Waals surface area contributed by atoms with Crippen LogP contribution in [0, 0.1) is 11.8 Å². The SMILES string of the molecule is O=C(O)[C@@H]1CCC[C@@H](Cc2ncc3c(Br)nn(-c4ccc5ncccc5c4)c3n2)C1. The molecular formula is C22H20BrN5O2. The zero-order valence-corrected chi connectivity index (χ0v) is 17.8. The fourth-order valence-electron chi connectivity index (χ4n) is 4.34. The maximum absolute atomic E-state index is 11.4. The zero-order chi connectivity index (χ0) is 20.7. The van der Waals surface area contributed by atoms with Gasteiger partial charge in [-0.3, -0.25) is 9.78 Å². The Hall–Kier alpha value is -2.87. The van der Waals surface area contributed by atoms with Crippen molar-refractivity contribution >= 4 is 43.8 Å². The largest absolute Gasteiger partial charge is 0.481 e. The molecule has 2 atom stereocenters. The van der Waals surface area contributed by atoms with Crippen LogP contribution in [0.3, 0.4) is 0 Å². The van der Waals surface area contributed by atoms with E-state index in [4.69, 9.17) is 4.98 Å². The molecule has 3 heterocycles. The molecule has 8 heteroatoms. The Morgan fingerprint density at radius 2 is 2.13 bits per heavy atom. The number of rotatable bonds is 4. The normalized spacial score (nSPS) is 19.4. The van der Waals surface area contributed by atoms with Crippen LogP contribution in [0.15, 0.2) is 47.3 Å². The number of halogens is 1. The summed E-state index contributed by atoms with van der Waals surface area (Å²) in [5, 5.41) is 15.9. The van der Waals surface area contributed by atoms with Gasteiger partial charge < -0.3 is 5.11 Å². The topological polar surface area (TPSA) is 93.8 Å². The lowest BCUT2D eigenvalue weighted by Gasteiger charge is -2.25. The molecular weight excluding hydrogens is 446 g/mol. The van der Waals surface area contributed by atoms with E-state index in [1.807, 2.05) is 35.0 Å². The number of nitrogens with zero attached hydrogens (tertiary/aromatic N) is 5. The van der Waals surface area contributed by atoms with Crippen molar-refractivity contribution in [3.05, 3.63) is 53.2 Å². The number of fused-ring (bicyclic) bond motifs is 2. The van der Waals surface area contributed by atoms with E-state index in [-0.39, 0.29) is 5.92 Å². The fraction of sp³-hybridized carbons (Fsp3) is 0.318. The van der Waals surface area contributed by atoms with Crippen LogP contribution in [-0.4, -0.2) is 35.8 Å². The van der Waals surface area contributed by atoms with Gasteiger partial charge in [-0.15, -0.1) is 0 Å². The van der Waals surface area contributed by atoms with Crippen LogP contribution in [-0.2, 0) is 11.2 Å². The summed E-state index contributed by atoms with van der Waals surface area (Å²) in [6, 6.07) is 9.94. The van der Waals surface area contributed by atoms with Crippen LogP contribution >= 0.6 is 15.9 Å². The van der Waals surface area contributed by atoms with Crippen molar-refractivity contribution in [1.29, 1.82) is 0 Å². The highest BCUT2D eigenvalue weighted by atomic mass is 79.9. The second kappa shape index (κ2) is 7.75. The molecule has 3 aromatic heterocycles. The number of carbonyl (C=O) groups is 1. The minimum Gasteiger partial charge on any atom is -0.481 e. The number of aliphatic carboxylic acids is 1. The quantitative estimate of drug-likeness (QED) is 0.474. The van der Waals surface area contributed by atoms with Gasteiger partial charge in [-0.2, -0.15) is 5.10 Å². The van der Waals surface area contributed by atoms with Crippen molar-refractivity contribution < 1.29 is 9.90 Å². The van der Waals surface area contributed by atoms with Crippen LogP contribution in [0.1, 0.15) is 31.5 Å². The first-order valence-corrected chi connectivity index (χ1v) is 10.9. The minimum atomic E-state index is -0.691. The molecule has 0 spiro atoms. The number of aromatic nitrogens is 5. The number of hydrogen-bond acceptors (Lipinski definition) is 5. The lowest BCUT2D eigenvalue weighted by molar-refractivity contribution is -0.143. The monoisotopic (exact) mass is 465 g/mol. The van der Waals surface area contributed by atoms with Crippen LogP contribution in [0.5, 0.6) is 0 Å². The number of hydrogen-bond donors (Lipinski definition) is 1. The van der Waals surface area contributed by atoms with Crippen molar-refractivity contribution in [3.63, 3.8) is 0 Å².